The summed E-state index contributed by atoms with van der Waals surface area (Å²) in [5.74, 6) is -2.52. The van der Waals surface area contributed by atoms with Gasteiger partial charge in [0.25, 0.3) is 5.91 Å². The largest absolute Gasteiger partial charge is 0.367 e. The minimum Gasteiger partial charge on any atom is -0.367 e. The van der Waals surface area contributed by atoms with Gasteiger partial charge in [-0.3, -0.25) is 14.4 Å². The Kier molecular flexibility index (Phi) is 5.41. The Labute approximate surface area is 219 Å². The normalized spacial score (nSPS) is 27.6. The van der Waals surface area contributed by atoms with Crippen LogP contribution in [0.3, 0.4) is 0 Å². The third-order valence-corrected chi connectivity index (χ3v) is 8.58. The van der Waals surface area contributed by atoms with E-state index in [2.05, 4.69) is 6.07 Å². The molecule has 3 aliphatic rings. The second-order valence-electron chi connectivity index (χ2n) is 10.7. The minimum absolute atomic E-state index is 0.254. The fourth-order valence-electron chi connectivity index (χ4n) is 6.69. The van der Waals surface area contributed by atoms with Crippen molar-refractivity contribution in [1.82, 2.24) is 4.90 Å². The van der Waals surface area contributed by atoms with Gasteiger partial charge in [0.15, 0.2) is 0 Å². The average molecular weight is 512 g/mol. The number of fused-ring (bicyclic) bond motifs is 6. The van der Waals surface area contributed by atoms with Crippen molar-refractivity contribution in [1.29, 1.82) is 5.26 Å². The minimum atomic E-state index is -0.860. The van der Waals surface area contributed by atoms with Crippen LogP contribution in [0, 0.1) is 29.0 Å². The summed E-state index contributed by atoms with van der Waals surface area (Å²) >= 11 is 0. The van der Waals surface area contributed by atoms with Gasteiger partial charge in [0.05, 0.1) is 40.4 Å². The summed E-state index contributed by atoms with van der Waals surface area (Å²) in [4.78, 5) is 43.6. The second-order valence-corrected chi connectivity index (χ2v) is 10.7. The number of carbonyl (C=O) groups excluding carboxylic acids is 3. The first-order valence-electron chi connectivity index (χ1n) is 12.7. The second kappa shape index (κ2) is 8.47. The Morgan fingerprint density at radius 2 is 1.74 bits per heavy atom. The molecular formula is C30H26FN3O4. The molecule has 3 saturated heterocycles. The number of amides is 3. The van der Waals surface area contributed by atoms with Crippen LogP contribution in [0.15, 0.2) is 60.7 Å². The van der Waals surface area contributed by atoms with E-state index in [1.165, 1.54) is 29.2 Å². The maximum atomic E-state index is 14.0. The van der Waals surface area contributed by atoms with Gasteiger partial charge in [0.2, 0.25) is 11.8 Å². The molecule has 0 aromatic heterocycles. The van der Waals surface area contributed by atoms with Crippen molar-refractivity contribution in [3.63, 3.8) is 0 Å². The third kappa shape index (κ3) is 3.38. The highest BCUT2D eigenvalue weighted by molar-refractivity contribution is 6.26. The summed E-state index contributed by atoms with van der Waals surface area (Å²) in [6, 6.07) is 18.2. The smallest absolute Gasteiger partial charge is 0.253 e. The zero-order valence-electron chi connectivity index (χ0n) is 21.1. The summed E-state index contributed by atoms with van der Waals surface area (Å²) in [5, 5.41) is 10.9. The lowest BCUT2D eigenvalue weighted by Gasteiger charge is -2.32. The Hall–Kier alpha value is -4.09. The van der Waals surface area contributed by atoms with Crippen LogP contribution in [-0.2, 0) is 14.3 Å². The predicted molar refractivity (Wildman–Crippen MR) is 138 cm³/mol. The van der Waals surface area contributed by atoms with Gasteiger partial charge in [-0.05, 0) is 62.6 Å². The highest BCUT2D eigenvalue weighted by atomic mass is 19.1. The van der Waals surface area contributed by atoms with E-state index < -0.39 is 28.9 Å². The van der Waals surface area contributed by atoms with Gasteiger partial charge in [-0.25, -0.2) is 9.29 Å². The third-order valence-electron chi connectivity index (χ3n) is 8.58. The summed E-state index contributed by atoms with van der Waals surface area (Å²) < 4.78 is 19.8. The van der Waals surface area contributed by atoms with Crippen LogP contribution in [0.25, 0.3) is 10.8 Å². The molecule has 4 atom stereocenters. The molecule has 3 aromatic rings. The number of imide groups is 1. The van der Waals surface area contributed by atoms with E-state index in [-0.39, 0.29) is 17.7 Å². The van der Waals surface area contributed by atoms with E-state index >= 15 is 0 Å². The fourth-order valence-corrected chi connectivity index (χ4v) is 6.69. The Bertz CT molecular complexity index is 1550. The predicted octanol–water partition coefficient (Wildman–Crippen LogP) is 4.44. The van der Waals surface area contributed by atoms with Gasteiger partial charge in [-0.2, -0.15) is 5.26 Å². The van der Waals surface area contributed by atoms with Gasteiger partial charge in [0, 0.05) is 29.9 Å². The van der Waals surface area contributed by atoms with Gasteiger partial charge < -0.3 is 9.64 Å². The first-order chi connectivity index (χ1) is 18.2. The molecule has 0 unspecified atom stereocenters. The number of nitriles is 1. The van der Waals surface area contributed by atoms with E-state index in [1.807, 2.05) is 31.2 Å². The van der Waals surface area contributed by atoms with Crippen LogP contribution in [-0.4, -0.2) is 47.4 Å². The molecule has 3 heterocycles. The number of anilines is 1. The molecule has 2 bridgehead atoms. The Morgan fingerprint density at radius 1 is 1.05 bits per heavy atom. The van der Waals surface area contributed by atoms with Crippen molar-refractivity contribution in [3.8, 4) is 6.07 Å². The lowest BCUT2D eigenvalue weighted by molar-refractivity contribution is -0.130. The Morgan fingerprint density at radius 3 is 2.45 bits per heavy atom. The molecular weight excluding hydrogens is 485 g/mol. The number of hydrogen-bond donors (Lipinski definition) is 0. The zero-order chi connectivity index (χ0) is 26.8. The lowest BCUT2D eigenvalue weighted by atomic mass is 9.67. The van der Waals surface area contributed by atoms with Crippen LogP contribution in [0.5, 0.6) is 0 Å². The molecule has 3 aromatic carbocycles. The number of hydrogen-bond acceptors (Lipinski definition) is 5. The van der Waals surface area contributed by atoms with Gasteiger partial charge in [0.1, 0.15) is 5.82 Å². The molecule has 0 radical (unpaired) electrons. The van der Waals surface area contributed by atoms with Crippen molar-refractivity contribution >= 4 is 34.2 Å². The van der Waals surface area contributed by atoms with Crippen molar-refractivity contribution in [2.45, 2.75) is 37.4 Å². The monoisotopic (exact) mass is 511 g/mol. The maximum absolute atomic E-state index is 14.0. The summed E-state index contributed by atoms with van der Waals surface area (Å²) in [5.41, 5.74) is -0.302. The summed E-state index contributed by atoms with van der Waals surface area (Å²) in [6.07, 6.45) is 1.66. The first kappa shape index (κ1) is 24.3. The standard InChI is InChI=1S/C30H26FN3O4/c1-29-13-14-30(38-29,15-16-33(2)26(35)18-7-10-20(31)11-8-18)25-24(29)27(36)34(28(25)37)23-12-9-19(17-32)21-5-3-4-6-22(21)23/h3-12,24-25H,13-16H2,1-2H3/t24-,25+,29-,30-/m1/s1. The van der Waals surface area contributed by atoms with E-state index in [4.69, 9.17) is 4.74 Å². The van der Waals surface area contributed by atoms with Gasteiger partial charge in [-0.1, -0.05) is 24.3 Å². The topological polar surface area (TPSA) is 90.7 Å². The van der Waals surface area contributed by atoms with E-state index in [0.717, 1.165) is 0 Å². The highest BCUT2D eigenvalue weighted by Gasteiger charge is 2.73. The van der Waals surface area contributed by atoms with Crippen LogP contribution in [0.1, 0.15) is 42.1 Å². The van der Waals surface area contributed by atoms with E-state index in [9.17, 15) is 24.0 Å². The molecule has 8 heteroatoms. The number of nitrogens with zero attached hydrogens (tertiary/aromatic N) is 3. The molecule has 192 valence electrons. The molecule has 7 nitrogen and oxygen atoms in total. The average Bonchev–Trinajstić information content (AvgIpc) is 3.51. The van der Waals surface area contributed by atoms with E-state index in [0.29, 0.717) is 53.4 Å². The number of halogens is 1. The number of carbonyl (C=O) groups is 3. The van der Waals surface area contributed by atoms with Crippen molar-refractivity contribution < 1.29 is 23.5 Å². The molecule has 0 spiro atoms. The highest BCUT2D eigenvalue weighted by Crippen LogP contribution is 2.62. The molecule has 3 amide bonds. The van der Waals surface area contributed by atoms with Crippen LogP contribution < -0.4 is 4.90 Å². The van der Waals surface area contributed by atoms with Crippen molar-refractivity contribution in [3.05, 3.63) is 77.6 Å². The van der Waals surface area contributed by atoms with Gasteiger partial charge >= 0.3 is 0 Å². The SMILES string of the molecule is CN(CC[C@@]12CC[C@@](C)(O1)[C@H]1C(=O)N(c3ccc(C#N)c4ccccc34)C(=O)[C@H]12)C(=O)c1ccc(F)cc1. The molecule has 3 fully saturated rings. The number of rotatable bonds is 5. The molecule has 3 aliphatic heterocycles. The fraction of sp³-hybridized carbons (Fsp3) is 0.333. The number of benzene rings is 3. The number of ether oxygens (including phenoxy) is 1. The van der Waals surface area contributed by atoms with Crippen LogP contribution in [0.4, 0.5) is 10.1 Å². The summed E-state index contributed by atoms with van der Waals surface area (Å²) in [6.45, 7) is 2.22. The van der Waals surface area contributed by atoms with Gasteiger partial charge in [-0.15, -0.1) is 0 Å². The molecule has 0 N–H and O–H groups in total. The molecule has 0 aliphatic carbocycles. The van der Waals surface area contributed by atoms with Crippen molar-refractivity contribution in [2.24, 2.45) is 11.8 Å². The zero-order valence-corrected chi connectivity index (χ0v) is 21.1. The Balaban J connectivity index is 1.31. The summed E-state index contributed by atoms with van der Waals surface area (Å²) in [7, 11) is 1.67. The molecule has 0 saturated carbocycles. The van der Waals surface area contributed by atoms with Crippen LogP contribution >= 0.6 is 0 Å². The van der Waals surface area contributed by atoms with Crippen LogP contribution in [0.2, 0.25) is 0 Å². The quantitative estimate of drug-likeness (QED) is 0.473. The molecule has 38 heavy (non-hydrogen) atoms. The van der Waals surface area contributed by atoms with E-state index in [1.54, 1.807) is 24.1 Å². The maximum Gasteiger partial charge on any atom is 0.253 e. The molecule has 6 rings (SSSR count). The first-order valence-corrected chi connectivity index (χ1v) is 12.7. The lowest BCUT2D eigenvalue weighted by Crippen LogP contribution is -2.44. The van der Waals surface area contributed by atoms with Crippen molar-refractivity contribution in [2.75, 3.05) is 18.5 Å².